The first-order valence-electron chi connectivity index (χ1n) is 7.46. The number of piperazine rings is 1. The van der Waals surface area contributed by atoms with Gasteiger partial charge in [-0.05, 0) is 12.8 Å². The number of hydrogen-bond donors (Lipinski definition) is 1. The van der Waals surface area contributed by atoms with Gasteiger partial charge in [0.1, 0.15) is 0 Å². The summed E-state index contributed by atoms with van der Waals surface area (Å²) in [5.41, 5.74) is 1.18. The van der Waals surface area contributed by atoms with Crippen LogP contribution in [0.2, 0.25) is 0 Å². The fraction of sp³-hybridized carbons (Fsp3) is 0.571. The van der Waals surface area contributed by atoms with E-state index in [1.165, 1.54) is 23.7 Å². The lowest BCUT2D eigenvalue weighted by Crippen LogP contribution is -2.46. The zero-order valence-corrected chi connectivity index (χ0v) is 13.5. The number of hydrogen-bond acceptors (Lipinski definition) is 7. The molecule has 0 amide bonds. The van der Waals surface area contributed by atoms with Gasteiger partial charge < -0.3 is 15.1 Å². The Labute approximate surface area is 132 Å². The van der Waals surface area contributed by atoms with E-state index < -0.39 is 0 Å². The molecule has 0 aromatic carbocycles. The summed E-state index contributed by atoms with van der Waals surface area (Å²) in [6.45, 7) is 5.04. The Balaban J connectivity index is 1.32. The number of nitrogens with zero attached hydrogens (tertiary/aromatic N) is 4. The van der Waals surface area contributed by atoms with Crippen molar-refractivity contribution in [2.75, 3.05) is 36.0 Å². The van der Waals surface area contributed by atoms with E-state index in [0.717, 1.165) is 43.9 Å². The second kappa shape index (κ2) is 5.90. The Hall–Kier alpha value is -1.18. The topological polar surface area (TPSA) is 44.3 Å². The highest BCUT2D eigenvalue weighted by molar-refractivity contribution is 7.14. The molecule has 7 heteroatoms. The van der Waals surface area contributed by atoms with Crippen LogP contribution in [0.4, 0.5) is 10.3 Å². The van der Waals surface area contributed by atoms with Crippen LogP contribution in [0.25, 0.3) is 0 Å². The van der Waals surface area contributed by atoms with Crippen molar-refractivity contribution in [1.82, 2.24) is 15.3 Å². The van der Waals surface area contributed by atoms with Crippen LogP contribution in [0.3, 0.4) is 0 Å². The predicted molar refractivity (Wildman–Crippen MR) is 88.5 cm³/mol. The highest BCUT2D eigenvalue weighted by Crippen LogP contribution is 2.25. The summed E-state index contributed by atoms with van der Waals surface area (Å²) >= 11 is 3.49. The van der Waals surface area contributed by atoms with Crippen molar-refractivity contribution in [3.05, 3.63) is 22.7 Å². The van der Waals surface area contributed by atoms with Crippen molar-refractivity contribution < 1.29 is 0 Å². The minimum Gasteiger partial charge on any atom is -0.345 e. The third-order valence-electron chi connectivity index (χ3n) is 3.93. The number of aromatic nitrogens is 2. The van der Waals surface area contributed by atoms with E-state index in [4.69, 9.17) is 4.98 Å². The van der Waals surface area contributed by atoms with Crippen molar-refractivity contribution in [2.24, 2.45) is 0 Å². The summed E-state index contributed by atoms with van der Waals surface area (Å²) in [7, 11) is 0. The summed E-state index contributed by atoms with van der Waals surface area (Å²) in [6.07, 6.45) is 4.54. The zero-order valence-electron chi connectivity index (χ0n) is 11.9. The molecule has 1 saturated heterocycles. The molecule has 0 unspecified atom stereocenters. The van der Waals surface area contributed by atoms with E-state index in [2.05, 4.69) is 25.5 Å². The maximum Gasteiger partial charge on any atom is 0.185 e. The molecule has 0 spiro atoms. The molecule has 2 fully saturated rings. The first kappa shape index (κ1) is 13.5. The molecular weight excluding hydrogens is 302 g/mol. The van der Waals surface area contributed by atoms with Gasteiger partial charge in [-0.2, -0.15) is 0 Å². The number of rotatable bonds is 5. The van der Waals surface area contributed by atoms with E-state index in [1.54, 1.807) is 22.7 Å². The first-order valence-corrected chi connectivity index (χ1v) is 9.21. The number of anilines is 2. The van der Waals surface area contributed by atoms with Crippen LogP contribution < -0.4 is 15.1 Å². The standard InChI is InChI=1S/C14H19N5S2/c1-2-11(1)16-9-12-10-21-14(17-12)19-6-4-18(5-7-19)13-15-3-8-20-13/h3,8,10-11,16H,1-2,4-7,9H2. The van der Waals surface area contributed by atoms with Gasteiger partial charge in [0.15, 0.2) is 10.3 Å². The average Bonchev–Trinajstić information content (AvgIpc) is 3.03. The summed E-state index contributed by atoms with van der Waals surface area (Å²) < 4.78 is 0. The molecule has 2 aromatic rings. The monoisotopic (exact) mass is 321 g/mol. The number of nitrogens with one attached hydrogen (secondary N) is 1. The molecule has 0 radical (unpaired) electrons. The van der Waals surface area contributed by atoms with Crippen LogP contribution in [0, 0.1) is 0 Å². The largest absolute Gasteiger partial charge is 0.345 e. The molecular formula is C14H19N5S2. The third kappa shape index (κ3) is 3.20. The van der Waals surface area contributed by atoms with Gasteiger partial charge in [0.25, 0.3) is 0 Å². The van der Waals surface area contributed by atoms with Gasteiger partial charge in [0.2, 0.25) is 0 Å². The summed E-state index contributed by atoms with van der Waals surface area (Å²) in [4.78, 5) is 13.9. The van der Waals surface area contributed by atoms with E-state index in [1.807, 2.05) is 11.6 Å². The lowest BCUT2D eigenvalue weighted by atomic mass is 10.3. The van der Waals surface area contributed by atoms with Crippen LogP contribution in [0.15, 0.2) is 17.0 Å². The van der Waals surface area contributed by atoms with Crippen LogP contribution >= 0.6 is 22.7 Å². The van der Waals surface area contributed by atoms with Gasteiger partial charge in [-0.15, -0.1) is 22.7 Å². The minimum atomic E-state index is 0.747. The fourth-order valence-corrected chi connectivity index (χ4v) is 4.10. The molecule has 21 heavy (non-hydrogen) atoms. The zero-order chi connectivity index (χ0) is 14.1. The second-order valence-corrected chi connectivity index (χ2v) is 7.27. The van der Waals surface area contributed by atoms with Crippen molar-refractivity contribution in [2.45, 2.75) is 25.4 Å². The minimum absolute atomic E-state index is 0.747. The first-order chi connectivity index (χ1) is 10.4. The molecule has 1 saturated carbocycles. The van der Waals surface area contributed by atoms with Gasteiger partial charge >= 0.3 is 0 Å². The van der Waals surface area contributed by atoms with Crippen LogP contribution in [-0.2, 0) is 6.54 Å². The Kier molecular flexibility index (Phi) is 3.79. The molecule has 1 aliphatic carbocycles. The maximum atomic E-state index is 4.77. The van der Waals surface area contributed by atoms with Gasteiger partial charge in [-0.3, -0.25) is 0 Å². The lowest BCUT2D eigenvalue weighted by molar-refractivity contribution is 0.645. The molecule has 2 aliphatic rings. The molecule has 1 aliphatic heterocycles. The fourth-order valence-electron chi connectivity index (χ4n) is 2.52. The number of thiazole rings is 2. The second-order valence-electron chi connectivity index (χ2n) is 5.57. The van der Waals surface area contributed by atoms with Gasteiger partial charge in [-0.1, -0.05) is 0 Å². The summed E-state index contributed by atoms with van der Waals surface area (Å²) in [5.74, 6) is 0. The van der Waals surface area contributed by atoms with Gasteiger partial charge in [-0.25, -0.2) is 9.97 Å². The Morgan fingerprint density at radius 3 is 2.52 bits per heavy atom. The van der Waals surface area contributed by atoms with E-state index in [-0.39, 0.29) is 0 Å². The molecule has 112 valence electrons. The van der Waals surface area contributed by atoms with E-state index >= 15 is 0 Å². The van der Waals surface area contributed by atoms with E-state index in [9.17, 15) is 0 Å². The smallest absolute Gasteiger partial charge is 0.185 e. The lowest BCUT2D eigenvalue weighted by Gasteiger charge is -2.34. The molecule has 2 aromatic heterocycles. The van der Waals surface area contributed by atoms with Crippen molar-refractivity contribution >= 4 is 32.9 Å². The highest BCUT2D eigenvalue weighted by Gasteiger charge is 2.22. The highest BCUT2D eigenvalue weighted by atomic mass is 32.1. The van der Waals surface area contributed by atoms with Crippen molar-refractivity contribution in [1.29, 1.82) is 0 Å². The van der Waals surface area contributed by atoms with Crippen LogP contribution in [-0.4, -0.2) is 42.2 Å². The Morgan fingerprint density at radius 1 is 1.10 bits per heavy atom. The molecule has 5 nitrogen and oxygen atoms in total. The molecule has 0 atom stereocenters. The summed E-state index contributed by atoms with van der Waals surface area (Å²) in [5, 5.41) is 10.1. The maximum absolute atomic E-state index is 4.77. The summed E-state index contributed by atoms with van der Waals surface area (Å²) in [6, 6.07) is 0.747. The quantitative estimate of drug-likeness (QED) is 0.914. The predicted octanol–water partition coefficient (Wildman–Crippen LogP) is 2.18. The van der Waals surface area contributed by atoms with Crippen LogP contribution in [0.1, 0.15) is 18.5 Å². The Morgan fingerprint density at radius 2 is 1.86 bits per heavy atom. The average molecular weight is 321 g/mol. The SMILES string of the molecule is c1csc(N2CCN(c3nc(CNC4CC4)cs3)CC2)n1. The normalized spacial score (nSPS) is 19.2. The van der Waals surface area contributed by atoms with Crippen LogP contribution in [0.5, 0.6) is 0 Å². The van der Waals surface area contributed by atoms with Crippen molar-refractivity contribution in [3.8, 4) is 0 Å². The molecule has 4 rings (SSSR count). The molecule has 3 heterocycles. The molecule has 1 N–H and O–H groups in total. The van der Waals surface area contributed by atoms with Gasteiger partial charge in [0, 0.05) is 55.7 Å². The van der Waals surface area contributed by atoms with Gasteiger partial charge in [0.05, 0.1) is 5.69 Å². The van der Waals surface area contributed by atoms with E-state index in [0.29, 0.717) is 0 Å². The van der Waals surface area contributed by atoms with Crippen molar-refractivity contribution in [3.63, 3.8) is 0 Å². The third-order valence-corrected chi connectivity index (χ3v) is 5.71. The Bertz CT molecular complexity index is 570. The molecule has 0 bridgehead atoms.